The Bertz CT molecular complexity index is 622. The van der Waals surface area contributed by atoms with Crippen LogP contribution in [0.5, 0.6) is 5.75 Å². The van der Waals surface area contributed by atoms with Gasteiger partial charge in [0, 0.05) is 0 Å². The Labute approximate surface area is 124 Å². The van der Waals surface area contributed by atoms with Gasteiger partial charge in [-0.1, -0.05) is 36.1 Å². The average Bonchev–Trinajstić information content (AvgIpc) is 2.66. The Balaban J connectivity index is 2.35. The quantitative estimate of drug-likeness (QED) is 0.657. The second-order valence-electron chi connectivity index (χ2n) is 4.15. The fourth-order valence-electron chi connectivity index (χ4n) is 1.74. The highest BCUT2D eigenvalue weighted by molar-refractivity contribution is 8.26. The monoisotopic (exact) mass is 309 g/mol. The first-order valence-corrected chi connectivity index (χ1v) is 6.88. The summed E-state index contributed by atoms with van der Waals surface area (Å²) in [7, 11) is 0. The summed E-state index contributed by atoms with van der Waals surface area (Å²) < 4.78 is 0.241. The predicted molar refractivity (Wildman–Crippen MR) is 80.2 cm³/mol. The lowest BCUT2D eigenvalue weighted by molar-refractivity contribution is -0.140. The highest BCUT2D eigenvalue weighted by atomic mass is 32.2. The number of carboxylic acid groups (broad SMARTS) is 1. The highest BCUT2D eigenvalue weighted by Gasteiger charge is 2.34. The second-order valence-corrected chi connectivity index (χ2v) is 5.80. The molecule has 20 heavy (non-hydrogen) atoms. The van der Waals surface area contributed by atoms with Crippen molar-refractivity contribution in [3.63, 3.8) is 0 Å². The van der Waals surface area contributed by atoms with Crippen LogP contribution in [-0.2, 0) is 9.59 Å². The lowest BCUT2D eigenvalue weighted by atomic mass is 10.1. The van der Waals surface area contributed by atoms with Gasteiger partial charge >= 0.3 is 5.97 Å². The Hall–Kier alpha value is -1.86. The van der Waals surface area contributed by atoms with E-state index in [9.17, 15) is 14.7 Å². The second kappa shape index (κ2) is 5.64. The van der Waals surface area contributed by atoms with Gasteiger partial charge in [0.05, 0.1) is 4.91 Å². The predicted octanol–water partition coefficient (Wildman–Crippen LogP) is 2.07. The number of allylic oxidation sites excluding steroid dienone is 1. The molecule has 1 fully saturated rings. The minimum absolute atomic E-state index is 0.139. The van der Waals surface area contributed by atoms with Crippen molar-refractivity contribution in [2.45, 2.75) is 6.92 Å². The molecule has 2 N–H and O–H groups in total. The summed E-state index contributed by atoms with van der Waals surface area (Å²) in [6, 6.07) is 6.43. The van der Waals surface area contributed by atoms with Gasteiger partial charge in [-0.15, -0.1) is 0 Å². The van der Waals surface area contributed by atoms with Crippen LogP contribution in [0.25, 0.3) is 5.57 Å². The molecule has 104 valence electrons. The Morgan fingerprint density at radius 2 is 1.95 bits per heavy atom. The van der Waals surface area contributed by atoms with Crippen LogP contribution >= 0.6 is 24.0 Å². The molecule has 1 aliphatic heterocycles. The van der Waals surface area contributed by atoms with Crippen LogP contribution in [-0.4, -0.2) is 37.9 Å². The smallest absolute Gasteiger partial charge is 0.323 e. The summed E-state index contributed by atoms with van der Waals surface area (Å²) in [5, 5.41) is 18.0. The molecule has 0 saturated carbocycles. The van der Waals surface area contributed by atoms with Crippen LogP contribution in [0.3, 0.4) is 0 Å². The average molecular weight is 309 g/mol. The van der Waals surface area contributed by atoms with Gasteiger partial charge in [-0.05, 0) is 30.2 Å². The summed E-state index contributed by atoms with van der Waals surface area (Å²) in [6.07, 6.45) is 0. The van der Waals surface area contributed by atoms with E-state index in [-0.39, 0.29) is 10.1 Å². The number of carbonyl (C=O) groups excluding carboxylic acids is 1. The van der Waals surface area contributed by atoms with E-state index in [1.807, 2.05) is 0 Å². The molecule has 1 heterocycles. The summed E-state index contributed by atoms with van der Waals surface area (Å²) in [6.45, 7) is 1.33. The van der Waals surface area contributed by atoms with Gasteiger partial charge in [0.1, 0.15) is 16.6 Å². The maximum atomic E-state index is 12.2. The molecule has 1 saturated heterocycles. The van der Waals surface area contributed by atoms with E-state index in [2.05, 4.69) is 0 Å². The number of rotatable bonds is 3. The minimum Gasteiger partial charge on any atom is -0.508 e. The van der Waals surface area contributed by atoms with Gasteiger partial charge in [-0.3, -0.25) is 14.5 Å². The first-order chi connectivity index (χ1) is 9.40. The molecule has 0 bridgehead atoms. The van der Waals surface area contributed by atoms with E-state index < -0.39 is 18.4 Å². The zero-order valence-electron chi connectivity index (χ0n) is 10.5. The maximum absolute atomic E-state index is 12.2. The van der Waals surface area contributed by atoms with Crippen molar-refractivity contribution in [2.24, 2.45) is 0 Å². The van der Waals surface area contributed by atoms with Crippen molar-refractivity contribution in [1.82, 2.24) is 4.90 Å². The Morgan fingerprint density at radius 3 is 2.50 bits per heavy atom. The number of thiocarbonyl (C=S) groups is 1. The van der Waals surface area contributed by atoms with Crippen molar-refractivity contribution in [3.8, 4) is 5.75 Å². The normalized spacial score (nSPS) is 17.6. The molecular formula is C13H11NO4S2. The molecule has 1 amide bonds. The molecule has 2 rings (SSSR count). The van der Waals surface area contributed by atoms with E-state index >= 15 is 0 Å². The number of carbonyl (C=O) groups is 2. The number of phenolic OH excluding ortho intramolecular Hbond substituents is 1. The van der Waals surface area contributed by atoms with Gasteiger partial charge < -0.3 is 10.2 Å². The van der Waals surface area contributed by atoms with Crippen LogP contribution in [0.4, 0.5) is 0 Å². The molecule has 0 unspecified atom stereocenters. The highest BCUT2D eigenvalue weighted by Crippen LogP contribution is 2.36. The van der Waals surface area contributed by atoms with E-state index in [1.54, 1.807) is 19.1 Å². The van der Waals surface area contributed by atoms with Crippen LogP contribution in [0.1, 0.15) is 12.5 Å². The van der Waals surface area contributed by atoms with E-state index in [0.29, 0.717) is 10.5 Å². The molecule has 0 spiro atoms. The number of phenols is 1. The number of benzene rings is 1. The molecule has 5 nitrogen and oxygen atoms in total. The molecule has 1 aliphatic rings. The third-order valence-electron chi connectivity index (χ3n) is 2.78. The van der Waals surface area contributed by atoms with E-state index in [0.717, 1.165) is 22.2 Å². The van der Waals surface area contributed by atoms with Crippen LogP contribution in [0, 0.1) is 0 Å². The van der Waals surface area contributed by atoms with Crippen molar-refractivity contribution < 1.29 is 19.8 Å². The minimum atomic E-state index is -1.11. The Morgan fingerprint density at radius 1 is 1.35 bits per heavy atom. The molecule has 0 radical (unpaired) electrons. The zero-order chi connectivity index (χ0) is 14.9. The summed E-state index contributed by atoms with van der Waals surface area (Å²) in [4.78, 5) is 24.4. The largest absolute Gasteiger partial charge is 0.508 e. The number of amides is 1. The first kappa shape index (κ1) is 14.5. The molecule has 1 aromatic rings. The van der Waals surface area contributed by atoms with Crippen LogP contribution in [0.2, 0.25) is 0 Å². The van der Waals surface area contributed by atoms with Crippen molar-refractivity contribution >= 4 is 45.7 Å². The standard InChI is InChI=1S/C13H11NO4S2/c1-7(8-2-4-9(15)5-3-8)11-12(18)14(6-10(16)17)13(19)20-11/h2-5,15H,6H2,1H3,(H,16,17)/b11-7-. The number of aliphatic carboxylic acids is 1. The molecule has 1 aromatic carbocycles. The molecule has 0 aromatic heterocycles. The maximum Gasteiger partial charge on any atom is 0.323 e. The van der Waals surface area contributed by atoms with Gasteiger partial charge in [0.25, 0.3) is 5.91 Å². The molecule has 7 heteroatoms. The molecule has 0 atom stereocenters. The first-order valence-electron chi connectivity index (χ1n) is 5.66. The van der Waals surface area contributed by atoms with Gasteiger partial charge in [-0.25, -0.2) is 0 Å². The Kier molecular flexibility index (Phi) is 4.10. The number of aromatic hydroxyl groups is 1. The number of thioether (sulfide) groups is 1. The van der Waals surface area contributed by atoms with Crippen LogP contribution in [0.15, 0.2) is 29.2 Å². The van der Waals surface area contributed by atoms with E-state index in [4.69, 9.17) is 17.3 Å². The SMILES string of the molecule is C/C(=C1/SC(=S)N(CC(=O)O)C1=O)c1ccc(O)cc1. The third-order valence-corrected chi connectivity index (χ3v) is 4.33. The summed E-state index contributed by atoms with van der Waals surface area (Å²) in [5.41, 5.74) is 1.48. The van der Waals surface area contributed by atoms with E-state index in [1.165, 1.54) is 12.1 Å². The van der Waals surface area contributed by atoms with Crippen molar-refractivity contribution in [1.29, 1.82) is 0 Å². The lowest BCUT2D eigenvalue weighted by Crippen LogP contribution is -2.33. The van der Waals surface area contributed by atoms with Crippen LogP contribution < -0.4 is 0 Å². The fourth-order valence-corrected chi connectivity index (χ4v) is 3.04. The fraction of sp³-hybridized carbons (Fsp3) is 0.154. The number of hydrogen-bond donors (Lipinski definition) is 2. The van der Waals surface area contributed by atoms with Gasteiger partial charge in [-0.2, -0.15) is 0 Å². The van der Waals surface area contributed by atoms with Crippen molar-refractivity contribution in [3.05, 3.63) is 34.7 Å². The summed E-state index contributed by atoms with van der Waals surface area (Å²) >= 11 is 6.13. The molecular weight excluding hydrogens is 298 g/mol. The third kappa shape index (κ3) is 2.83. The lowest BCUT2D eigenvalue weighted by Gasteiger charge is -2.10. The van der Waals surface area contributed by atoms with Gasteiger partial charge in [0.2, 0.25) is 0 Å². The topological polar surface area (TPSA) is 77.8 Å². The number of nitrogens with zero attached hydrogens (tertiary/aromatic N) is 1. The van der Waals surface area contributed by atoms with Gasteiger partial charge in [0.15, 0.2) is 0 Å². The zero-order valence-corrected chi connectivity index (χ0v) is 12.1. The molecule has 0 aliphatic carbocycles. The van der Waals surface area contributed by atoms with Crippen molar-refractivity contribution in [2.75, 3.05) is 6.54 Å². The number of carboxylic acids is 1. The summed E-state index contributed by atoms with van der Waals surface area (Å²) in [5.74, 6) is -1.36. The number of hydrogen-bond acceptors (Lipinski definition) is 5.